The third-order valence-electron chi connectivity index (χ3n) is 12.1. The number of hydrogen-bond donors (Lipinski definition) is 2. The summed E-state index contributed by atoms with van der Waals surface area (Å²) in [5.41, 5.74) is 0. The summed E-state index contributed by atoms with van der Waals surface area (Å²) in [4.78, 5) is 48.5. The summed E-state index contributed by atoms with van der Waals surface area (Å²) in [5, 5.41) is 9.78. The molecule has 0 spiro atoms. The maximum absolute atomic E-state index is 12.9. The van der Waals surface area contributed by atoms with Crippen molar-refractivity contribution in [2.75, 3.05) is 26.4 Å². The molecule has 416 valence electrons. The van der Waals surface area contributed by atoms with Crippen molar-refractivity contribution in [2.45, 2.75) is 264 Å². The number of unbranched alkanes of at least 4 members (excludes halogenated alkanes) is 24. The van der Waals surface area contributed by atoms with E-state index in [1.165, 1.54) is 116 Å². The van der Waals surface area contributed by atoms with E-state index in [-0.39, 0.29) is 25.9 Å². The summed E-state index contributed by atoms with van der Waals surface area (Å²) in [5.74, 6) is -1.55. The number of allylic oxidation sites excluding steroid dienone is 12. The Morgan fingerprint density at radius 1 is 0.403 bits per heavy atom. The number of carbonyl (C=O) groups excluding carboxylic acids is 3. The molecule has 0 heterocycles. The first-order valence-corrected chi connectivity index (χ1v) is 30.3. The molecule has 72 heavy (non-hydrogen) atoms. The van der Waals surface area contributed by atoms with E-state index in [9.17, 15) is 28.9 Å². The van der Waals surface area contributed by atoms with Gasteiger partial charge in [-0.25, -0.2) is 4.57 Å². The predicted molar refractivity (Wildman–Crippen MR) is 298 cm³/mol. The molecule has 0 aliphatic rings. The van der Waals surface area contributed by atoms with Gasteiger partial charge in [0, 0.05) is 19.3 Å². The highest BCUT2D eigenvalue weighted by Gasteiger charge is 2.28. The lowest BCUT2D eigenvalue weighted by molar-refractivity contribution is -0.161. The smallest absolute Gasteiger partial charge is 0.462 e. The largest absolute Gasteiger partial charge is 0.472 e. The standard InChI is InChI=1S/C60H105O11P/c1-4-7-10-13-16-19-22-25-26-27-28-29-30-33-36-39-42-45-48-51-60(64)71-57(53-67-58(62)49-46-43-40-37-34-31-23-20-17-14-11-8-5-2)55-69-72(65,66)68-54-56(52-61)70-59(63)50-47-44-41-38-35-32-24-21-18-15-12-9-6-3/h9,12,16,18-19,21,25-26,32,35,41,44,56-57,61H,4-8,10-11,13-15,17,20,22-24,27-31,33-34,36-40,42-43,45-55H2,1-3H3,(H,65,66)/b12-9-,19-16-,21-18-,26-25-,35-32-,44-41-. The fraction of sp³-hybridized carbons (Fsp3) is 0.750. The second kappa shape index (κ2) is 54.2. The molecule has 3 unspecified atom stereocenters. The van der Waals surface area contributed by atoms with Gasteiger partial charge < -0.3 is 24.2 Å². The van der Waals surface area contributed by atoms with Crippen LogP contribution in [0.4, 0.5) is 0 Å². The molecule has 0 aromatic rings. The molecule has 0 radical (unpaired) electrons. The summed E-state index contributed by atoms with van der Waals surface area (Å²) < 4.78 is 39.4. The zero-order valence-corrected chi connectivity index (χ0v) is 46.8. The minimum Gasteiger partial charge on any atom is -0.462 e. The number of esters is 3. The summed E-state index contributed by atoms with van der Waals surface area (Å²) in [6.45, 7) is 4.43. The highest BCUT2D eigenvalue weighted by molar-refractivity contribution is 7.47. The zero-order valence-electron chi connectivity index (χ0n) is 45.9. The first kappa shape index (κ1) is 68.9. The van der Waals surface area contributed by atoms with Crippen LogP contribution in [0.3, 0.4) is 0 Å². The Kier molecular flexibility index (Phi) is 51.9. The van der Waals surface area contributed by atoms with Crippen LogP contribution < -0.4 is 0 Å². The Balaban J connectivity index is 4.76. The molecule has 2 N–H and O–H groups in total. The van der Waals surface area contributed by atoms with Crippen molar-refractivity contribution in [3.05, 3.63) is 72.9 Å². The second-order valence-electron chi connectivity index (χ2n) is 19.1. The van der Waals surface area contributed by atoms with Crippen molar-refractivity contribution in [1.29, 1.82) is 0 Å². The van der Waals surface area contributed by atoms with Crippen LogP contribution in [0.2, 0.25) is 0 Å². The maximum atomic E-state index is 12.9. The van der Waals surface area contributed by atoms with Crippen LogP contribution in [0.1, 0.15) is 252 Å². The van der Waals surface area contributed by atoms with Gasteiger partial charge in [-0.2, -0.15) is 0 Å². The van der Waals surface area contributed by atoms with Crippen LogP contribution >= 0.6 is 7.82 Å². The molecule has 0 saturated heterocycles. The topological polar surface area (TPSA) is 155 Å². The normalized spacial score (nSPS) is 13.9. The first-order valence-electron chi connectivity index (χ1n) is 28.8. The molecule has 0 aliphatic heterocycles. The van der Waals surface area contributed by atoms with Crippen molar-refractivity contribution >= 4 is 25.7 Å². The fourth-order valence-corrected chi connectivity index (χ4v) is 8.54. The summed E-state index contributed by atoms with van der Waals surface area (Å²) in [6, 6.07) is 0. The molecule has 12 heteroatoms. The highest BCUT2D eigenvalue weighted by Crippen LogP contribution is 2.43. The Labute approximate surface area is 439 Å². The van der Waals surface area contributed by atoms with Crippen molar-refractivity contribution in [2.24, 2.45) is 0 Å². The molecule has 0 aliphatic carbocycles. The molecule has 0 saturated carbocycles. The number of carbonyl (C=O) groups is 3. The molecule has 0 fully saturated rings. The SMILES string of the molecule is CC/C=C\C/C=C\C/C=C\C/C=C\CCC(=O)OC(CO)COP(=O)(O)OCC(COC(=O)CCCCCCCCCCCCCCC)OC(=O)CCCCCCCCCCC/C=C\C/C=C\CCCCC. The average molecular weight is 1030 g/mol. The maximum Gasteiger partial charge on any atom is 0.472 e. The third kappa shape index (κ3) is 51.8. The number of aliphatic hydroxyl groups excluding tert-OH is 1. The Morgan fingerprint density at radius 2 is 0.750 bits per heavy atom. The molecule has 0 rings (SSSR count). The average Bonchev–Trinajstić information content (AvgIpc) is 3.37. The van der Waals surface area contributed by atoms with E-state index in [0.29, 0.717) is 19.3 Å². The minimum absolute atomic E-state index is 0.0552. The lowest BCUT2D eigenvalue weighted by atomic mass is 10.0. The van der Waals surface area contributed by atoms with Crippen LogP contribution in [0.5, 0.6) is 0 Å². The number of hydrogen-bond acceptors (Lipinski definition) is 10. The van der Waals surface area contributed by atoms with Gasteiger partial charge in [-0.3, -0.25) is 23.4 Å². The summed E-state index contributed by atoms with van der Waals surface area (Å²) in [7, 11) is -4.76. The molecule has 3 atom stereocenters. The monoisotopic (exact) mass is 1030 g/mol. The van der Waals surface area contributed by atoms with Crippen LogP contribution in [0.25, 0.3) is 0 Å². The molecule has 0 aromatic carbocycles. The van der Waals surface area contributed by atoms with Crippen LogP contribution in [0, 0.1) is 0 Å². The van der Waals surface area contributed by atoms with Gasteiger partial charge in [0.15, 0.2) is 6.10 Å². The number of ether oxygens (including phenoxy) is 3. The first-order chi connectivity index (χ1) is 35.2. The number of phosphoric ester groups is 1. The van der Waals surface area contributed by atoms with E-state index in [1.54, 1.807) is 0 Å². The third-order valence-corrected chi connectivity index (χ3v) is 13.1. The lowest BCUT2D eigenvalue weighted by Crippen LogP contribution is -2.30. The van der Waals surface area contributed by atoms with E-state index in [0.717, 1.165) is 77.0 Å². The van der Waals surface area contributed by atoms with E-state index in [1.807, 2.05) is 12.2 Å². The van der Waals surface area contributed by atoms with E-state index < -0.39 is 57.8 Å². The Bertz CT molecular complexity index is 1490. The lowest BCUT2D eigenvalue weighted by Gasteiger charge is -2.21. The molecular weight excluding hydrogens is 928 g/mol. The summed E-state index contributed by atoms with van der Waals surface area (Å²) in [6.07, 6.45) is 60.2. The number of rotatable bonds is 53. The van der Waals surface area contributed by atoms with Crippen molar-refractivity contribution in [3.63, 3.8) is 0 Å². The van der Waals surface area contributed by atoms with E-state index in [2.05, 4.69) is 81.5 Å². The van der Waals surface area contributed by atoms with Crippen LogP contribution in [0.15, 0.2) is 72.9 Å². The van der Waals surface area contributed by atoms with Gasteiger partial charge in [0.2, 0.25) is 0 Å². The zero-order chi connectivity index (χ0) is 52.7. The Morgan fingerprint density at radius 3 is 1.22 bits per heavy atom. The van der Waals surface area contributed by atoms with Gasteiger partial charge in [-0.05, 0) is 77.0 Å². The molecule has 0 aromatic heterocycles. The number of aliphatic hydroxyl groups is 1. The van der Waals surface area contributed by atoms with Gasteiger partial charge in [-0.1, -0.05) is 229 Å². The van der Waals surface area contributed by atoms with Gasteiger partial charge in [0.25, 0.3) is 0 Å². The predicted octanol–water partition coefficient (Wildman–Crippen LogP) is 16.9. The molecule has 11 nitrogen and oxygen atoms in total. The van der Waals surface area contributed by atoms with Gasteiger partial charge in [0.05, 0.1) is 19.8 Å². The fourth-order valence-electron chi connectivity index (χ4n) is 7.75. The molecule has 0 amide bonds. The second-order valence-corrected chi connectivity index (χ2v) is 20.5. The van der Waals surface area contributed by atoms with Gasteiger partial charge in [-0.15, -0.1) is 0 Å². The van der Waals surface area contributed by atoms with Crippen LogP contribution in [-0.4, -0.2) is 66.5 Å². The van der Waals surface area contributed by atoms with Crippen molar-refractivity contribution in [3.8, 4) is 0 Å². The van der Waals surface area contributed by atoms with Crippen molar-refractivity contribution < 1.29 is 52.2 Å². The number of phosphoric acid groups is 1. The summed E-state index contributed by atoms with van der Waals surface area (Å²) >= 11 is 0. The van der Waals surface area contributed by atoms with E-state index >= 15 is 0 Å². The minimum atomic E-state index is -4.76. The van der Waals surface area contributed by atoms with Crippen LogP contribution in [-0.2, 0) is 42.2 Å². The van der Waals surface area contributed by atoms with Crippen molar-refractivity contribution in [1.82, 2.24) is 0 Å². The Hall–Kier alpha value is -3.08. The van der Waals surface area contributed by atoms with Gasteiger partial charge >= 0.3 is 25.7 Å². The van der Waals surface area contributed by atoms with E-state index in [4.69, 9.17) is 23.3 Å². The quantitative estimate of drug-likeness (QED) is 0.0197. The highest BCUT2D eigenvalue weighted by atomic mass is 31.2. The molecular formula is C60H105O11P. The molecule has 0 bridgehead atoms. The van der Waals surface area contributed by atoms with Gasteiger partial charge in [0.1, 0.15) is 12.7 Å².